The normalized spacial score (nSPS) is 22.5. The quantitative estimate of drug-likeness (QED) is 0.752. The van der Waals surface area contributed by atoms with Crippen molar-refractivity contribution in [3.05, 3.63) is 22.4 Å². The van der Waals surface area contributed by atoms with Crippen LogP contribution in [0.1, 0.15) is 11.3 Å². The number of likely N-dealkylation sites (tertiary alicyclic amines) is 1. The molecular weight excluding hydrogens is 268 g/mol. The number of rotatable bonds is 4. The fourth-order valence-corrected chi connectivity index (χ4v) is 2.83. The maximum atomic E-state index is 11.9. The average Bonchev–Trinajstić information content (AvgIpc) is 2.98. The van der Waals surface area contributed by atoms with Crippen LogP contribution in [0.15, 0.2) is 17.5 Å². The third kappa shape index (κ3) is 3.45. The van der Waals surface area contributed by atoms with Crippen molar-refractivity contribution in [1.82, 2.24) is 10.2 Å². The van der Waals surface area contributed by atoms with E-state index in [4.69, 9.17) is 5.11 Å². The van der Waals surface area contributed by atoms with Crippen LogP contribution in [0.25, 0.3) is 0 Å². The van der Waals surface area contributed by atoms with Crippen molar-refractivity contribution in [3.8, 4) is 0 Å². The Bertz CT molecular complexity index is 449. The Morgan fingerprint density at radius 3 is 2.95 bits per heavy atom. The first-order valence-electron chi connectivity index (χ1n) is 6.05. The molecule has 1 aromatic rings. The number of aliphatic carboxylic acids is 1. The van der Waals surface area contributed by atoms with Crippen molar-refractivity contribution < 1.29 is 19.8 Å². The first-order chi connectivity index (χ1) is 9.08. The van der Waals surface area contributed by atoms with Crippen molar-refractivity contribution in [3.63, 3.8) is 0 Å². The van der Waals surface area contributed by atoms with Gasteiger partial charge in [0.1, 0.15) is 6.04 Å². The summed E-state index contributed by atoms with van der Waals surface area (Å²) in [5, 5.41) is 23.1. The number of carbonyl (C=O) groups excluding carboxylic acids is 1. The monoisotopic (exact) mass is 284 g/mol. The van der Waals surface area contributed by atoms with E-state index < -0.39 is 24.1 Å². The van der Waals surface area contributed by atoms with Gasteiger partial charge in [0.05, 0.1) is 6.10 Å². The summed E-state index contributed by atoms with van der Waals surface area (Å²) in [5.41, 5.74) is 0. The van der Waals surface area contributed by atoms with Crippen LogP contribution in [-0.2, 0) is 11.2 Å². The molecule has 3 N–H and O–H groups in total. The van der Waals surface area contributed by atoms with Crippen molar-refractivity contribution in [2.24, 2.45) is 0 Å². The summed E-state index contributed by atoms with van der Waals surface area (Å²) in [6.45, 7) is 0.528. The molecule has 0 unspecified atom stereocenters. The van der Waals surface area contributed by atoms with Crippen LogP contribution in [0, 0.1) is 0 Å². The highest BCUT2D eigenvalue weighted by Gasteiger charge is 2.38. The highest BCUT2D eigenvalue weighted by atomic mass is 32.1. The maximum Gasteiger partial charge on any atom is 0.326 e. The molecule has 2 heterocycles. The van der Waals surface area contributed by atoms with Gasteiger partial charge in [0.2, 0.25) is 0 Å². The highest BCUT2D eigenvalue weighted by molar-refractivity contribution is 7.09. The summed E-state index contributed by atoms with van der Waals surface area (Å²) in [4.78, 5) is 25.2. The summed E-state index contributed by atoms with van der Waals surface area (Å²) < 4.78 is 0. The average molecular weight is 284 g/mol. The number of urea groups is 1. The minimum atomic E-state index is -1.08. The topological polar surface area (TPSA) is 89.9 Å². The Balaban J connectivity index is 1.83. The van der Waals surface area contributed by atoms with Crippen LogP contribution in [0.2, 0.25) is 0 Å². The Labute approximate surface area is 114 Å². The van der Waals surface area contributed by atoms with Crippen LogP contribution in [0.3, 0.4) is 0 Å². The van der Waals surface area contributed by atoms with Crippen LogP contribution in [0.5, 0.6) is 0 Å². The molecule has 1 aliphatic heterocycles. The minimum absolute atomic E-state index is 0.0712. The van der Waals surface area contributed by atoms with Gasteiger partial charge in [-0.3, -0.25) is 0 Å². The largest absolute Gasteiger partial charge is 0.480 e. The van der Waals surface area contributed by atoms with Gasteiger partial charge < -0.3 is 20.4 Å². The van der Waals surface area contributed by atoms with E-state index in [-0.39, 0.29) is 13.0 Å². The Hall–Kier alpha value is -1.60. The number of nitrogens with zero attached hydrogens (tertiary/aromatic N) is 1. The van der Waals surface area contributed by atoms with Crippen molar-refractivity contribution in [1.29, 1.82) is 0 Å². The lowest BCUT2D eigenvalue weighted by molar-refractivity contribution is -0.141. The van der Waals surface area contributed by atoms with E-state index in [1.54, 1.807) is 11.3 Å². The van der Waals surface area contributed by atoms with Crippen LogP contribution in [-0.4, -0.2) is 52.3 Å². The molecule has 7 heteroatoms. The Kier molecular flexibility index (Phi) is 4.39. The molecular formula is C12H16N2O4S. The molecule has 2 rings (SSSR count). The number of hydrogen-bond donors (Lipinski definition) is 3. The Morgan fingerprint density at radius 2 is 2.32 bits per heavy atom. The van der Waals surface area contributed by atoms with Crippen LogP contribution in [0.4, 0.5) is 4.79 Å². The minimum Gasteiger partial charge on any atom is -0.480 e. The number of aliphatic hydroxyl groups is 1. The van der Waals surface area contributed by atoms with Crippen molar-refractivity contribution in [2.45, 2.75) is 25.0 Å². The molecule has 0 bridgehead atoms. The van der Waals surface area contributed by atoms with Gasteiger partial charge in [-0.15, -0.1) is 11.3 Å². The molecule has 0 spiro atoms. The molecule has 0 radical (unpaired) electrons. The fourth-order valence-electron chi connectivity index (χ4n) is 2.12. The number of aliphatic hydroxyl groups excluding tert-OH is 1. The second-order valence-electron chi connectivity index (χ2n) is 4.46. The van der Waals surface area contributed by atoms with Crippen molar-refractivity contribution >= 4 is 23.3 Å². The standard InChI is InChI=1S/C12H16N2O4S/c15-8-6-10(11(16)17)14(7-8)12(18)13-4-3-9-2-1-5-19-9/h1-2,5,8,10,15H,3-4,6-7H2,(H,13,18)(H,16,17)/t8-,10-/m0/s1. The SMILES string of the molecule is O=C(O)[C@@H]1C[C@H](O)CN1C(=O)NCCc1cccs1. The molecule has 104 valence electrons. The number of carboxylic acids is 1. The summed E-state index contributed by atoms with van der Waals surface area (Å²) in [5.74, 6) is -1.08. The number of nitrogens with one attached hydrogen (secondary N) is 1. The van der Waals surface area contributed by atoms with Gasteiger partial charge in [-0.1, -0.05) is 6.07 Å². The predicted octanol–water partition coefficient (Wildman–Crippen LogP) is 0.520. The molecule has 0 saturated carbocycles. The third-order valence-electron chi connectivity index (χ3n) is 3.05. The molecule has 19 heavy (non-hydrogen) atoms. The number of amides is 2. The van der Waals surface area contributed by atoms with E-state index in [0.717, 1.165) is 11.3 Å². The maximum absolute atomic E-state index is 11.9. The summed E-state index contributed by atoms with van der Waals surface area (Å²) in [6.07, 6.45) is 0.0507. The molecule has 1 fully saturated rings. The summed E-state index contributed by atoms with van der Waals surface area (Å²) >= 11 is 1.61. The smallest absolute Gasteiger partial charge is 0.326 e. The van der Waals surface area contributed by atoms with E-state index >= 15 is 0 Å². The predicted molar refractivity (Wildman–Crippen MR) is 70.2 cm³/mol. The van der Waals surface area contributed by atoms with E-state index in [2.05, 4.69) is 5.32 Å². The zero-order valence-electron chi connectivity index (χ0n) is 10.3. The molecule has 1 aromatic heterocycles. The third-order valence-corrected chi connectivity index (χ3v) is 3.99. The number of hydrogen-bond acceptors (Lipinski definition) is 4. The first kappa shape index (κ1) is 13.8. The van der Waals surface area contributed by atoms with Crippen molar-refractivity contribution in [2.75, 3.05) is 13.1 Å². The van der Waals surface area contributed by atoms with Gasteiger partial charge in [0, 0.05) is 24.4 Å². The fraction of sp³-hybridized carbons (Fsp3) is 0.500. The molecule has 1 aliphatic rings. The number of carbonyl (C=O) groups is 2. The lowest BCUT2D eigenvalue weighted by Gasteiger charge is -2.21. The first-order valence-corrected chi connectivity index (χ1v) is 6.93. The van der Waals surface area contributed by atoms with Crippen LogP contribution < -0.4 is 5.32 Å². The lowest BCUT2D eigenvalue weighted by atomic mass is 10.2. The molecule has 0 aliphatic carbocycles. The van der Waals surface area contributed by atoms with E-state index in [1.807, 2.05) is 17.5 Å². The molecule has 2 atom stereocenters. The van der Waals surface area contributed by atoms with Gasteiger partial charge in [0.25, 0.3) is 0 Å². The molecule has 1 saturated heterocycles. The van der Waals surface area contributed by atoms with Gasteiger partial charge in [-0.05, 0) is 17.9 Å². The molecule has 0 aromatic carbocycles. The lowest BCUT2D eigenvalue weighted by Crippen LogP contribution is -2.46. The van der Waals surface area contributed by atoms with Crippen LogP contribution >= 0.6 is 11.3 Å². The summed E-state index contributed by atoms with van der Waals surface area (Å²) in [6, 6.07) is 2.56. The highest BCUT2D eigenvalue weighted by Crippen LogP contribution is 2.18. The van der Waals surface area contributed by atoms with Gasteiger partial charge in [-0.2, -0.15) is 0 Å². The summed E-state index contributed by atoms with van der Waals surface area (Å²) in [7, 11) is 0. The zero-order valence-corrected chi connectivity index (χ0v) is 11.1. The number of thiophene rings is 1. The molecule has 2 amide bonds. The second kappa shape index (κ2) is 6.03. The number of β-amino-alcohol motifs (C(OH)–C–C–N with tert-alkyl or cyclic N) is 1. The van der Waals surface area contributed by atoms with E-state index in [1.165, 1.54) is 4.90 Å². The van der Waals surface area contributed by atoms with E-state index in [0.29, 0.717) is 6.54 Å². The zero-order chi connectivity index (χ0) is 13.8. The second-order valence-corrected chi connectivity index (χ2v) is 5.49. The van der Waals surface area contributed by atoms with Gasteiger partial charge >= 0.3 is 12.0 Å². The van der Waals surface area contributed by atoms with Gasteiger partial charge in [-0.25, -0.2) is 9.59 Å². The number of carboxylic acid groups (broad SMARTS) is 1. The van der Waals surface area contributed by atoms with Gasteiger partial charge in [0.15, 0.2) is 0 Å². The van der Waals surface area contributed by atoms with E-state index in [9.17, 15) is 14.7 Å². The Morgan fingerprint density at radius 1 is 1.53 bits per heavy atom. The molecule has 6 nitrogen and oxygen atoms in total.